The molecular formula is C29H26O10. The average Bonchev–Trinajstić information content (AvgIpc) is 3.28. The van der Waals surface area contributed by atoms with E-state index in [4.69, 9.17) is 23.7 Å². The molecule has 0 saturated carbocycles. The number of hydrogen-bond donors (Lipinski definition) is 1. The lowest BCUT2D eigenvalue weighted by atomic mass is 10.0. The highest BCUT2D eigenvalue weighted by molar-refractivity contribution is 5.91. The van der Waals surface area contributed by atoms with Crippen molar-refractivity contribution in [2.24, 2.45) is 0 Å². The van der Waals surface area contributed by atoms with Gasteiger partial charge in [0, 0.05) is 6.92 Å². The van der Waals surface area contributed by atoms with Crippen LogP contribution >= 0.6 is 0 Å². The Hall–Kier alpha value is -4.54. The lowest BCUT2D eigenvalue weighted by Crippen LogP contribution is -2.47. The third kappa shape index (κ3) is 6.86. The Bertz CT molecular complexity index is 1280. The van der Waals surface area contributed by atoms with Crippen LogP contribution in [-0.2, 0) is 28.5 Å². The standard InChI is InChI=1S/C29H26O10/c1-18(31)35-29-25(38-28(34)21-15-9-4-10-16-21)24(37-27(33)20-13-7-3-8-14-20)23(39-29)22(17-30)36-26(32)19-11-5-2-6-12-19/h2-16,22-25,29-30H,17H2,1H3/t22-,23-,24+,25-,29?/m0/s1. The van der Waals surface area contributed by atoms with Crippen molar-refractivity contribution in [2.75, 3.05) is 6.61 Å². The van der Waals surface area contributed by atoms with Crippen molar-refractivity contribution in [2.45, 2.75) is 37.6 Å². The Balaban J connectivity index is 1.66. The smallest absolute Gasteiger partial charge is 0.338 e. The summed E-state index contributed by atoms with van der Waals surface area (Å²) in [4.78, 5) is 50.6. The van der Waals surface area contributed by atoms with Crippen LogP contribution in [-0.4, -0.2) is 66.3 Å². The Morgan fingerprint density at radius 3 is 1.56 bits per heavy atom. The molecule has 5 atom stereocenters. The Labute approximate surface area is 224 Å². The van der Waals surface area contributed by atoms with Gasteiger partial charge in [-0.15, -0.1) is 0 Å². The molecule has 0 aliphatic carbocycles. The second-order valence-corrected chi connectivity index (χ2v) is 8.54. The molecule has 1 N–H and O–H groups in total. The van der Waals surface area contributed by atoms with Gasteiger partial charge in [-0.1, -0.05) is 54.6 Å². The quantitative estimate of drug-likeness (QED) is 0.322. The van der Waals surface area contributed by atoms with Crippen LogP contribution in [0.4, 0.5) is 0 Å². The highest BCUT2D eigenvalue weighted by Crippen LogP contribution is 2.32. The van der Waals surface area contributed by atoms with E-state index in [0.29, 0.717) is 0 Å². The van der Waals surface area contributed by atoms with Crippen molar-refractivity contribution in [3.05, 3.63) is 108 Å². The van der Waals surface area contributed by atoms with E-state index in [1.165, 1.54) is 36.4 Å². The molecule has 1 unspecified atom stereocenters. The first-order chi connectivity index (χ1) is 18.9. The highest BCUT2D eigenvalue weighted by Gasteiger charge is 2.55. The van der Waals surface area contributed by atoms with Crippen LogP contribution in [0.25, 0.3) is 0 Å². The van der Waals surface area contributed by atoms with E-state index >= 15 is 0 Å². The van der Waals surface area contributed by atoms with Gasteiger partial charge in [-0.2, -0.15) is 0 Å². The molecule has 1 aliphatic rings. The summed E-state index contributed by atoms with van der Waals surface area (Å²) < 4.78 is 27.9. The molecule has 0 radical (unpaired) electrons. The summed E-state index contributed by atoms with van der Waals surface area (Å²) >= 11 is 0. The Morgan fingerprint density at radius 1 is 0.692 bits per heavy atom. The van der Waals surface area contributed by atoms with Gasteiger partial charge in [-0.25, -0.2) is 14.4 Å². The molecule has 1 saturated heterocycles. The number of carbonyl (C=O) groups is 4. The molecular weight excluding hydrogens is 508 g/mol. The van der Waals surface area contributed by atoms with E-state index in [-0.39, 0.29) is 16.7 Å². The van der Waals surface area contributed by atoms with Crippen LogP contribution in [0.3, 0.4) is 0 Å². The van der Waals surface area contributed by atoms with E-state index in [2.05, 4.69) is 0 Å². The van der Waals surface area contributed by atoms with Gasteiger partial charge in [0.05, 0.1) is 23.3 Å². The molecule has 10 heteroatoms. The molecule has 1 fully saturated rings. The minimum Gasteiger partial charge on any atom is -0.453 e. The number of carbonyl (C=O) groups excluding carboxylic acids is 4. The average molecular weight is 535 g/mol. The molecule has 39 heavy (non-hydrogen) atoms. The van der Waals surface area contributed by atoms with Gasteiger partial charge in [0.2, 0.25) is 12.4 Å². The van der Waals surface area contributed by atoms with Crippen LogP contribution < -0.4 is 0 Å². The fourth-order valence-corrected chi connectivity index (χ4v) is 3.99. The summed E-state index contributed by atoms with van der Waals surface area (Å²) in [5.41, 5.74) is 0.572. The minimum atomic E-state index is -1.53. The van der Waals surface area contributed by atoms with Crippen molar-refractivity contribution in [3.8, 4) is 0 Å². The third-order valence-electron chi connectivity index (χ3n) is 5.81. The predicted molar refractivity (Wildman–Crippen MR) is 134 cm³/mol. The second-order valence-electron chi connectivity index (χ2n) is 8.54. The summed E-state index contributed by atoms with van der Waals surface area (Å²) in [5, 5.41) is 10.2. The van der Waals surface area contributed by atoms with Crippen molar-refractivity contribution in [3.63, 3.8) is 0 Å². The number of hydrogen-bond acceptors (Lipinski definition) is 10. The van der Waals surface area contributed by atoms with Crippen LogP contribution in [0.15, 0.2) is 91.0 Å². The Morgan fingerprint density at radius 2 is 1.13 bits per heavy atom. The molecule has 202 valence electrons. The van der Waals surface area contributed by atoms with Crippen molar-refractivity contribution >= 4 is 23.9 Å². The number of ether oxygens (including phenoxy) is 5. The SMILES string of the molecule is CC(=O)OC1O[C@@H]([C@H](CO)OC(=O)c2ccccc2)[C@@H](OC(=O)c2ccccc2)[C@@H]1OC(=O)c1ccccc1. The van der Waals surface area contributed by atoms with Crippen molar-refractivity contribution in [1.82, 2.24) is 0 Å². The molecule has 0 spiro atoms. The first kappa shape index (κ1) is 27.5. The maximum atomic E-state index is 13.0. The largest absolute Gasteiger partial charge is 0.453 e. The van der Waals surface area contributed by atoms with E-state index in [1.807, 2.05) is 0 Å². The van der Waals surface area contributed by atoms with Crippen molar-refractivity contribution < 1.29 is 48.0 Å². The number of esters is 4. The molecule has 4 rings (SSSR count). The Kier molecular flexibility index (Phi) is 9.03. The summed E-state index contributed by atoms with van der Waals surface area (Å²) in [6.45, 7) is 0.380. The number of rotatable bonds is 9. The van der Waals surface area contributed by atoms with Crippen LogP contribution in [0.2, 0.25) is 0 Å². The minimum absolute atomic E-state index is 0.183. The van der Waals surface area contributed by atoms with Crippen LogP contribution in [0, 0.1) is 0 Å². The fraction of sp³-hybridized carbons (Fsp3) is 0.241. The topological polar surface area (TPSA) is 135 Å². The molecule has 3 aromatic carbocycles. The molecule has 1 aliphatic heterocycles. The van der Waals surface area contributed by atoms with Gasteiger partial charge in [-0.3, -0.25) is 4.79 Å². The second kappa shape index (κ2) is 12.8. The molecule has 0 aromatic heterocycles. The number of aliphatic hydroxyl groups excluding tert-OH is 1. The molecule has 1 heterocycles. The van der Waals surface area contributed by atoms with Gasteiger partial charge >= 0.3 is 23.9 Å². The monoisotopic (exact) mass is 534 g/mol. The van der Waals surface area contributed by atoms with Gasteiger partial charge in [0.15, 0.2) is 12.2 Å². The normalized spacial score (nSPS) is 20.9. The maximum Gasteiger partial charge on any atom is 0.338 e. The predicted octanol–water partition coefficient (Wildman–Crippen LogP) is 2.94. The molecule has 10 nitrogen and oxygen atoms in total. The zero-order chi connectivity index (χ0) is 27.8. The lowest BCUT2D eigenvalue weighted by Gasteiger charge is -2.27. The van der Waals surface area contributed by atoms with Crippen LogP contribution in [0.5, 0.6) is 0 Å². The van der Waals surface area contributed by atoms with E-state index in [9.17, 15) is 24.3 Å². The van der Waals surface area contributed by atoms with Crippen LogP contribution in [0.1, 0.15) is 38.0 Å². The van der Waals surface area contributed by atoms with Gasteiger partial charge in [0.1, 0.15) is 6.10 Å². The van der Waals surface area contributed by atoms with Crippen molar-refractivity contribution in [1.29, 1.82) is 0 Å². The highest BCUT2D eigenvalue weighted by atomic mass is 16.8. The number of benzene rings is 3. The number of aliphatic hydroxyl groups is 1. The van der Waals surface area contributed by atoms with Gasteiger partial charge in [0.25, 0.3) is 0 Å². The zero-order valence-electron chi connectivity index (χ0n) is 20.9. The molecule has 3 aromatic rings. The first-order valence-electron chi connectivity index (χ1n) is 12.1. The zero-order valence-corrected chi connectivity index (χ0v) is 20.9. The van der Waals surface area contributed by atoms with Gasteiger partial charge < -0.3 is 28.8 Å². The molecule has 0 bridgehead atoms. The third-order valence-corrected chi connectivity index (χ3v) is 5.81. The van der Waals surface area contributed by atoms with E-state index < -0.39 is 61.2 Å². The summed E-state index contributed by atoms with van der Waals surface area (Å²) in [6, 6.07) is 24.0. The maximum absolute atomic E-state index is 13.0. The summed E-state index contributed by atoms with van der Waals surface area (Å²) in [7, 11) is 0. The van der Waals surface area contributed by atoms with Gasteiger partial charge in [-0.05, 0) is 36.4 Å². The summed E-state index contributed by atoms with van der Waals surface area (Å²) in [6.07, 6.45) is -7.17. The summed E-state index contributed by atoms with van der Waals surface area (Å²) in [5.74, 6) is -3.15. The lowest BCUT2D eigenvalue weighted by molar-refractivity contribution is -0.193. The molecule has 0 amide bonds. The van der Waals surface area contributed by atoms with E-state index in [1.54, 1.807) is 54.6 Å². The van der Waals surface area contributed by atoms with E-state index in [0.717, 1.165) is 6.92 Å². The fourth-order valence-electron chi connectivity index (χ4n) is 3.99. The first-order valence-corrected chi connectivity index (χ1v) is 12.1.